The molecule has 6 aromatic rings. The van der Waals surface area contributed by atoms with Crippen molar-refractivity contribution >= 4 is 44.7 Å². The molecule has 8 heteroatoms. The second-order valence-corrected chi connectivity index (χ2v) is 9.49. The summed E-state index contributed by atoms with van der Waals surface area (Å²) in [6, 6.07) is 23.7. The maximum atomic E-state index is 4.57. The van der Waals surface area contributed by atoms with Gasteiger partial charge in [0.15, 0.2) is 0 Å². The van der Waals surface area contributed by atoms with Gasteiger partial charge in [-0.3, -0.25) is 5.10 Å². The Kier molecular flexibility index (Phi) is 5.17. The maximum Gasteiger partial charge on any atom is 0.134 e. The smallest absolute Gasteiger partial charge is 0.134 e. The summed E-state index contributed by atoms with van der Waals surface area (Å²) in [6.45, 7) is 1.94. The lowest BCUT2D eigenvalue weighted by Crippen LogP contribution is -2.23. The number of fused-ring (bicyclic) bond motifs is 3. The zero-order valence-electron chi connectivity index (χ0n) is 18.2. The number of nitrogens with zero attached hydrogens (tertiary/aromatic N) is 4. The van der Waals surface area contributed by atoms with Crippen molar-refractivity contribution in [1.29, 1.82) is 0 Å². The Balaban J connectivity index is 0.00000217. The van der Waals surface area contributed by atoms with Gasteiger partial charge in [-0.2, -0.15) is 5.10 Å². The van der Waals surface area contributed by atoms with Crippen molar-refractivity contribution in [1.82, 2.24) is 30.5 Å². The lowest BCUT2D eigenvalue weighted by atomic mass is 10.0. The Labute approximate surface area is 206 Å². The lowest BCUT2D eigenvalue weighted by Gasteiger charge is -2.17. The Morgan fingerprint density at radius 3 is 2.82 bits per heavy atom. The van der Waals surface area contributed by atoms with Crippen LogP contribution in [0.1, 0.15) is 11.1 Å². The van der Waals surface area contributed by atoms with Crippen LogP contribution >= 0.6 is 23.7 Å². The molecule has 0 saturated carbocycles. The van der Waals surface area contributed by atoms with Crippen LogP contribution in [0.2, 0.25) is 0 Å². The van der Waals surface area contributed by atoms with Gasteiger partial charge in [0, 0.05) is 21.5 Å². The van der Waals surface area contributed by atoms with E-state index in [1.54, 1.807) is 0 Å². The highest BCUT2D eigenvalue weighted by atomic mass is 35.5. The number of hydrogen-bond acceptors (Lipinski definition) is 5. The van der Waals surface area contributed by atoms with E-state index in [2.05, 4.69) is 92.6 Å². The van der Waals surface area contributed by atoms with Gasteiger partial charge in [-0.1, -0.05) is 35.5 Å². The fraction of sp³-hybridized carbons (Fsp3) is 0.115. The number of nitrogens with one attached hydrogen (secondary N) is 2. The molecule has 0 bridgehead atoms. The molecule has 3 aromatic heterocycles. The summed E-state index contributed by atoms with van der Waals surface area (Å²) in [6.07, 6.45) is 3.03. The molecule has 6 nitrogen and oxygen atoms in total. The van der Waals surface area contributed by atoms with Crippen LogP contribution in [0.4, 0.5) is 0 Å². The van der Waals surface area contributed by atoms with Crippen molar-refractivity contribution in [3.8, 4) is 27.5 Å². The fourth-order valence-corrected chi connectivity index (χ4v) is 5.65. The number of aromatic amines is 1. The van der Waals surface area contributed by atoms with Crippen molar-refractivity contribution < 1.29 is 0 Å². The Bertz CT molecular complexity index is 1610. The monoisotopic (exact) mass is 484 g/mol. The normalized spacial score (nSPS) is 13.2. The van der Waals surface area contributed by atoms with Gasteiger partial charge >= 0.3 is 0 Å². The van der Waals surface area contributed by atoms with Gasteiger partial charge in [0.05, 0.1) is 17.4 Å². The van der Waals surface area contributed by atoms with E-state index in [4.69, 9.17) is 0 Å². The number of H-pyrrole nitrogens is 1. The molecule has 7 rings (SSSR count). The molecule has 2 N–H and O–H groups in total. The van der Waals surface area contributed by atoms with E-state index in [9.17, 15) is 0 Å². The second-order valence-electron chi connectivity index (χ2n) is 8.41. The lowest BCUT2D eigenvalue weighted by molar-refractivity contribution is 0.642. The van der Waals surface area contributed by atoms with Crippen LogP contribution in [-0.2, 0) is 13.0 Å². The first-order valence-corrected chi connectivity index (χ1v) is 11.9. The van der Waals surface area contributed by atoms with Crippen molar-refractivity contribution in [3.63, 3.8) is 0 Å². The van der Waals surface area contributed by atoms with Crippen LogP contribution in [-0.4, -0.2) is 31.7 Å². The van der Waals surface area contributed by atoms with Crippen LogP contribution in [0.3, 0.4) is 0 Å². The minimum absolute atomic E-state index is 0. The molecule has 1 aliphatic rings. The molecule has 4 heterocycles. The quantitative estimate of drug-likeness (QED) is 0.335. The molecule has 0 radical (unpaired) electrons. The molecule has 3 aromatic carbocycles. The Hall–Kier alpha value is -3.52. The van der Waals surface area contributed by atoms with Crippen LogP contribution < -0.4 is 5.32 Å². The summed E-state index contributed by atoms with van der Waals surface area (Å²) in [7, 11) is 0. The minimum atomic E-state index is 0. The van der Waals surface area contributed by atoms with E-state index in [0.29, 0.717) is 0 Å². The molecule has 0 unspecified atom stereocenters. The van der Waals surface area contributed by atoms with Gasteiger partial charge in [0.1, 0.15) is 11.4 Å². The third kappa shape index (κ3) is 3.49. The number of aromatic nitrogens is 5. The molecule has 168 valence electrons. The maximum absolute atomic E-state index is 4.57. The van der Waals surface area contributed by atoms with E-state index in [1.807, 2.05) is 22.2 Å². The minimum Gasteiger partial charge on any atom is -0.312 e. The highest BCUT2D eigenvalue weighted by Crippen LogP contribution is 2.36. The largest absolute Gasteiger partial charge is 0.312 e. The molecular weight excluding hydrogens is 464 g/mol. The summed E-state index contributed by atoms with van der Waals surface area (Å²) in [5, 5.41) is 22.3. The van der Waals surface area contributed by atoms with E-state index in [-0.39, 0.29) is 12.4 Å². The molecule has 1 aliphatic heterocycles. The van der Waals surface area contributed by atoms with Crippen molar-refractivity contribution in [2.45, 2.75) is 13.0 Å². The summed E-state index contributed by atoms with van der Waals surface area (Å²) in [4.78, 5) is 1.25. The predicted molar refractivity (Wildman–Crippen MR) is 140 cm³/mol. The third-order valence-electron chi connectivity index (χ3n) is 6.35. The SMILES string of the molecule is Cl.c1ccc2sc(-c3ccc4[nH]nc(-c5cn(-c6ccc7c(c6)CNCC7)nn5)c4c3)cc2c1. The average Bonchev–Trinajstić information content (AvgIpc) is 3.61. The first-order chi connectivity index (χ1) is 16.3. The molecule has 0 saturated heterocycles. The Morgan fingerprint density at radius 2 is 1.88 bits per heavy atom. The number of thiophene rings is 1. The molecule has 0 amide bonds. The highest BCUT2D eigenvalue weighted by Gasteiger charge is 2.16. The van der Waals surface area contributed by atoms with Gasteiger partial charge in [-0.15, -0.1) is 28.8 Å². The summed E-state index contributed by atoms with van der Waals surface area (Å²) in [5.74, 6) is 0. The number of hydrogen-bond donors (Lipinski definition) is 2. The van der Waals surface area contributed by atoms with Crippen molar-refractivity contribution in [2.75, 3.05) is 6.54 Å². The number of halogens is 1. The predicted octanol–water partition coefficient (Wildman–Crippen LogP) is 5.76. The summed E-state index contributed by atoms with van der Waals surface area (Å²) < 4.78 is 3.13. The average molecular weight is 485 g/mol. The molecule has 0 fully saturated rings. The standard InChI is InChI=1S/C26H20N6S.ClH/c1-2-4-24-17(3-1)13-25(33-24)18-6-8-22-21(12-18)26(30-28-22)23-15-32(31-29-23)20-7-5-16-9-10-27-14-19(16)11-20;/h1-8,11-13,15,27H,9-10,14H2,(H,28,30);1H. The second kappa shape index (κ2) is 8.36. The topological polar surface area (TPSA) is 71.4 Å². The zero-order chi connectivity index (χ0) is 21.8. The fourth-order valence-electron chi connectivity index (χ4n) is 4.59. The molecule has 0 spiro atoms. The van der Waals surface area contributed by atoms with Crippen molar-refractivity contribution in [2.24, 2.45) is 0 Å². The van der Waals surface area contributed by atoms with E-state index in [1.165, 1.54) is 31.7 Å². The van der Waals surface area contributed by atoms with Crippen LogP contribution in [0.25, 0.3) is 48.5 Å². The van der Waals surface area contributed by atoms with Gasteiger partial charge in [0.25, 0.3) is 0 Å². The van der Waals surface area contributed by atoms with Gasteiger partial charge in [-0.25, -0.2) is 4.68 Å². The van der Waals surface area contributed by atoms with Gasteiger partial charge in [-0.05, 0) is 71.4 Å². The first-order valence-electron chi connectivity index (χ1n) is 11.0. The van der Waals surface area contributed by atoms with Crippen LogP contribution in [0.5, 0.6) is 0 Å². The number of rotatable bonds is 3. The van der Waals surface area contributed by atoms with Crippen LogP contribution in [0.15, 0.2) is 72.9 Å². The van der Waals surface area contributed by atoms with Gasteiger partial charge < -0.3 is 5.32 Å². The molecule has 0 atom stereocenters. The molecule has 34 heavy (non-hydrogen) atoms. The van der Waals surface area contributed by atoms with Crippen LogP contribution in [0, 0.1) is 0 Å². The van der Waals surface area contributed by atoms with Gasteiger partial charge in [0.2, 0.25) is 0 Å². The zero-order valence-corrected chi connectivity index (χ0v) is 19.8. The first kappa shape index (κ1) is 21.0. The highest BCUT2D eigenvalue weighted by molar-refractivity contribution is 7.22. The molecule has 0 aliphatic carbocycles. The van der Waals surface area contributed by atoms with E-state index < -0.39 is 0 Å². The summed E-state index contributed by atoms with van der Waals surface area (Å²) >= 11 is 1.81. The summed E-state index contributed by atoms with van der Waals surface area (Å²) in [5.41, 5.74) is 7.50. The molecular formula is C26H21ClN6S. The van der Waals surface area contributed by atoms with E-state index in [0.717, 1.165) is 47.5 Å². The number of benzene rings is 3. The van der Waals surface area contributed by atoms with Crippen molar-refractivity contribution in [3.05, 3.63) is 84.1 Å². The van der Waals surface area contributed by atoms with E-state index >= 15 is 0 Å². The third-order valence-corrected chi connectivity index (χ3v) is 7.52. The Morgan fingerprint density at radius 1 is 0.941 bits per heavy atom.